The van der Waals surface area contributed by atoms with Gasteiger partial charge in [0, 0.05) is 0 Å². The standard InChI is InChI=1S/C12H9O3/c1-9(13)12(14)8-5-10-3-6-11(15-2)7-4-10/h3-8H,2H3/b8-5+. The van der Waals surface area contributed by atoms with Crippen molar-refractivity contribution in [2.45, 2.75) is 0 Å². The molecule has 3 heteroatoms. The second-order valence-electron chi connectivity index (χ2n) is 2.80. The number of hydrogen-bond donors (Lipinski definition) is 0. The molecule has 3 radical (unpaired) electrons. The number of hydrogen-bond acceptors (Lipinski definition) is 3. The Morgan fingerprint density at radius 1 is 1.27 bits per heavy atom. The Morgan fingerprint density at radius 3 is 2.33 bits per heavy atom. The average molecular weight is 201 g/mol. The Morgan fingerprint density at radius 2 is 1.87 bits per heavy atom. The summed E-state index contributed by atoms with van der Waals surface area (Å²) in [7, 11) is 1.56. The van der Waals surface area contributed by atoms with E-state index >= 15 is 0 Å². The third kappa shape index (κ3) is 3.38. The SMILES string of the molecule is [C]C(=O)C(=O)/C=C/c1ccc(OC)cc1. The van der Waals surface area contributed by atoms with Gasteiger partial charge in [0.2, 0.25) is 11.6 Å². The molecule has 1 aromatic rings. The van der Waals surface area contributed by atoms with Crippen molar-refractivity contribution in [3.8, 4) is 5.75 Å². The van der Waals surface area contributed by atoms with Crippen LogP contribution in [0.2, 0.25) is 0 Å². The van der Waals surface area contributed by atoms with Crippen molar-refractivity contribution in [3.63, 3.8) is 0 Å². The lowest BCUT2D eigenvalue weighted by molar-refractivity contribution is -0.131. The van der Waals surface area contributed by atoms with Crippen LogP contribution in [0.4, 0.5) is 0 Å². The van der Waals surface area contributed by atoms with Gasteiger partial charge in [-0.25, -0.2) is 0 Å². The second kappa shape index (κ2) is 5.10. The highest BCUT2D eigenvalue weighted by Crippen LogP contribution is 2.12. The van der Waals surface area contributed by atoms with Crippen LogP contribution in [0.3, 0.4) is 0 Å². The normalized spacial score (nSPS) is 10.3. The van der Waals surface area contributed by atoms with Crippen LogP contribution in [0.25, 0.3) is 6.08 Å². The number of Topliss-reactive ketones (excluding diaryl/α,β-unsaturated/α-hetero) is 1. The maximum Gasteiger partial charge on any atom is 0.222 e. The molecule has 15 heavy (non-hydrogen) atoms. The van der Waals surface area contributed by atoms with E-state index in [0.717, 1.165) is 17.4 Å². The number of ether oxygens (including phenoxy) is 1. The van der Waals surface area contributed by atoms with Crippen LogP contribution < -0.4 is 4.74 Å². The molecule has 0 saturated heterocycles. The van der Waals surface area contributed by atoms with Crippen LogP contribution in [0.15, 0.2) is 30.3 Å². The summed E-state index contributed by atoms with van der Waals surface area (Å²) in [5, 5.41) is 0. The maximum absolute atomic E-state index is 10.8. The lowest BCUT2D eigenvalue weighted by Crippen LogP contribution is -2.04. The molecule has 0 fully saturated rings. The van der Waals surface area contributed by atoms with E-state index < -0.39 is 11.6 Å². The van der Waals surface area contributed by atoms with Gasteiger partial charge in [-0.3, -0.25) is 9.59 Å². The molecule has 75 valence electrons. The summed E-state index contributed by atoms with van der Waals surface area (Å²) in [6.07, 6.45) is 2.56. The number of carbonyl (C=O) groups excluding carboxylic acids is 2. The van der Waals surface area contributed by atoms with Crippen molar-refractivity contribution in [1.29, 1.82) is 0 Å². The highest BCUT2D eigenvalue weighted by molar-refractivity contribution is 6.43. The first-order valence-corrected chi connectivity index (χ1v) is 4.25. The molecule has 0 spiro atoms. The highest BCUT2D eigenvalue weighted by Gasteiger charge is 2.02. The van der Waals surface area contributed by atoms with Crippen molar-refractivity contribution in [1.82, 2.24) is 0 Å². The summed E-state index contributed by atoms with van der Waals surface area (Å²) in [6.45, 7) is 6.55. The first-order valence-electron chi connectivity index (χ1n) is 4.25. The fraction of sp³-hybridized carbons (Fsp3) is 0.0833. The molecule has 0 saturated carbocycles. The molecular formula is C12H9O3. The molecule has 0 aliphatic heterocycles. The first kappa shape index (κ1) is 11.2. The van der Waals surface area contributed by atoms with Gasteiger partial charge < -0.3 is 4.74 Å². The fourth-order valence-electron chi connectivity index (χ4n) is 0.963. The second-order valence-corrected chi connectivity index (χ2v) is 2.80. The van der Waals surface area contributed by atoms with Crippen LogP contribution in [-0.2, 0) is 9.59 Å². The number of methoxy groups -OCH3 is 1. The van der Waals surface area contributed by atoms with Crippen LogP contribution in [0, 0.1) is 6.92 Å². The molecule has 1 rings (SSSR count). The Balaban J connectivity index is 2.73. The van der Waals surface area contributed by atoms with Crippen molar-refractivity contribution in [2.75, 3.05) is 7.11 Å². The van der Waals surface area contributed by atoms with Crippen LogP contribution in [-0.4, -0.2) is 18.7 Å². The Kier molecular flexibility index (Phi) is 3.80. The topological polar surface area (TPSA) is 43.4 Å². The predicted octanol–water partition coefficient (Wildman–Crippen LogP) is 1.43. The first-order chi connectivity index (χ1) is 7.13. The zero-order valence-electron chi connectivity index (χ0n) is 8.19. The number of rotatable bonds is 4. The molecular weight excluding hydrogens is 192 g/mol. The minimum absolute atomic E-state index is 0.718. The highest BCUT2D eigenvalue weighted by atomic mass is 16.5. The summed E-state index contributed by atoms with van der Waals surface area (Å²) >= 11 is 0. The van der Waals surface area contributed by atoms with Crippen molar-refractivity contribution < 1.29 is 14.3 Å². The zero-order valence-corrected chi connectivity index (χ0v) is 8.19. The molecule has 1 aromatic carbocycles. The van der Waals surface area contributed by atoms with Crippen molar-refractivity contribution in [3.05, 3.63) is 42.8 Å². The van der Waals surface area contributed by atoms with Gasteiger partial charge in [-0.2, -0.15) is 0 Å². The van der Waals surface area contributed by atoms with Crippen LogP contribution in [0.5, 0.6) is 5.75 Å². The molecule has 0 bridgehead atoms. The Labute approximate surface area is 88.4 Å². The quantitative estimate of drug-likeness (QED) is 0.546. The van der Waals surface area contributed by atoms with Gasteiger partial charge in [-0.05, 0) is 23.8 Å². The van der Waals surface area contributed by atoms with E-state index in [4.69, 9.17) is 11.7 Å². The summed E-state index contributed by atoms with van der Waals surface area (Å²) < 4.78 is 4.96. The van der Waals surface area contributed by atoms with E-state index in [1.54, 1.807) is 31.4 Å². The van der Waals surface area contributed by atoms with E-state index in [2.05, 4.69) is 0 Å². The van der Waals surface area contributed by atoms with E-state index in [9.17, 15) is 9.59 Å². The summed E-state index contributed by atoms with van der Waals surface area (Å²) in [6, 6.07) is 6.98. The van der Waals surface area contributed by atoms with Crippen LogP contribution >= 0.6 is 0 Å². The molecule has 0 aromatic heterocycles. The average Bonchev–Trinajstić information content (AvgIpc) is 2.26. The van der Waals surface area contributed by atoms with Gasteiger partial charge in [-0.15, -0.1) is 0 Å². The zero-order chi connectivity index (χ0) is 11.3. The van der Waals surface area contributed by atoms with Gasteiger partial charge in [0.15, 0.2) is 0 Å². The summed E-state index contributed by atoms with van der Waals surface area (Å²) in [5.41, 5.74) is 0.769. The van der Waals surface area contributed by atoms with E-state index in [1.165, 1.54) is 6.08 Å². The molecule has 0 aliphatic rings. The van der Waals surface area contributed by atoms with Crippen molar-refractivity contribution >= 4 is 17.6 Å². The molecule has 0 amide bonds. The van der Waals surface area contributed by atoms with Gasteiger partial charge in [0.1, 0.15) is 5.75 Å². The van der Waals surface area contributed by atoms with E-state index in [1.807, 2.05) is 0 Å². The molecule has 3 nitrogen and oxygen atoms in total. The Hall–Kier alpha value is -1.90. The van der Waals surface area contributed by atoms with E-state index in [-0.39, 0.29) is 0 Å². The molecule has 0 aliphatic carbocycles. The summed E-state index contributed by atoms with van der Waals surface area (Å²) in [4.78, 5) is 21.1. The smallest absolute Gasteiger partial charge is 0.222 e. The molecule has 0 unspecified atom stereocenters. The van der Waals surface area contributed by atoms with Gasteiger partial charge in [0.05, 0.1) is 14.0 Å². The fourth-order valence-corrected chi connectivity index (χ4v) is 0.963. The van der Waals surface area contributed by atoms with E-state index in [0.29, 0.717) is 0 Å². The molecule has 0 heterocycles. The van der Waals surface area contributed by atoms with Gasteiger partial charge >= 0.3 is 0 Å². The number of allylic oxidation sites excluding steroid dienone is 1. The maximum atomic E-state index is 10.8. The number of ketones is 2. The number of benzene rings is 1. The predicted molar refractivity (Wildman–Crippen MR) is 55.3 cm³/mol. The minimum atomic E-state index is -1.21. The third-order valence-electron chi connectivity index (χ3n) is 1.77. The minimum Gasteiger partial charge on any atom is -0.497 e. The van der Waals surface area contributed by atoms with Gasteiger partial charge in [-0.1, -0.05) is 18.2 Å². The molecule has 0 atom stereocenters. The largest absolute Gasteiger partial charge is 0.497 e. The Bertz CT molecular complexity index is 388. The third-order valence-corrected chi connectivity index (χ3v) is 1.77. The number of carbonyl (C=O) groups is 2. The van der Waals surface area contributed by atoms with Gasteiger partial charge in [0.25, 0.3) is 0 Å². The lowest BCUT2D eigenvalue weighted by Gasteiger charge is -1.98. The van der Waals surface area contributed by atoms with Crippen LogP contribution in [0.1, 0.15) is 5.56 Å². The van der Waals surface area contributed by atoms with Crippen molar-refractivity contribution in [2.24, 2.45) is 0 Å². The summed E-state index contributed by atoms with van der Waals surface area (Å²) in [5.74, 6) is -1.32. The lowest BCUT2D eigenvalue weighted by atomic mass is 10.1. The molecule has 0 N–H and O–H groups in total. The monoisotopic (exact) mass is 201 g/mol.